The van der Waals surface area contributed by atoms with Gasteiger partial charge in [-0.3, -0.25) is 14.4 Å². The number of Topliss-reactive ketones (excluding diaryl/α,β-unsaturated/α-hetero) is 1. The molecule has 1 aromatic rings. The monoisotopic (exact) mass is 278 g/mol. The fraction of sp³-hybridized carbons (Fsp3) is 0.357. The van der Waals surface area contributed by atoms with Crippen molar-refractivity contribution in [1.29, 1.82) is 0 Å². The molecular weight excluding hydrogens is 260 g/mol. The standard InChI is InChI=1S/C14H18N2O4/c1-16(2)9-12(17)10-3-5-11(6-4-10)15-13(18)7-8-14(19)20/h3-6H,7-9H2,1-2H3,(H,15,18)(H,19,20). The molecule has 1 amide bonds. The van der Waals surface area contributed by atoms with Crippen molar-refractivity contribution >= 4 is 23.3 Å². The number of nitrogens with one attached hydrogen (secondary N) is 1. The van der Waals surface area contributed by atoms with Crippen LogP contribution in [0.15, 0.2) is 24.3 Å². The molecule has 0 bridgehead atoms. The van der Waals surface area contributed by atoms with Gasteiger partial charge in [-0.25, -0.2) is 0 Å². The first-order chi connectivity index (χ1) is 9.38. The third-order valence-electron chi connectivity index (χ3n) is 2.52. The van der Waals surface area contributed by atoms with Crippen molar-refractivity contribution in [3.05, 3.63) is 29.8 Å². The molecule has 0 spiro atoms. The number of rotatable bonds is 7. The summed E-state index contributed by atoms with van der Waals surface area (Å²) in [5, 5.41) is 11.1. The van der Waals surface area contributed by atoms with E-state index in [1.54, 1.807) is 29.2 Å². The van der Waals surface area contributed by atoms with E-state index in [0.29, 0.717) is 17.8 Å². The average molecular weight is 278 g/mol. The summed E-state index contributed by atoms with van der Waals surface area (Å²) in [5.74, 6) is -1.37. The van der Waals surface area contributed by atoms with Gasteiger partial charge in [-0.1, -0.05) is 0 Å². The lowest BCUT2D eigenvalue weighted by Gasteiger charge is -2.09. The van der Waals surface area contributed by atoms with Crippen molar-refractivity contribution < 1.29 is 19.5 Å². The Labute approximate surface area is 117 Å². The molecule has 6 nitrogen and oxygen atoms in total. The second-order valence-electron chi connectivity index (χ2n) is 4.68. The number of nitrogens with zero attached hydrogens (tertiary/aromatic N) is 1. The number of carbonyl (C=O) groups is 3. The Morgan fingerprint density at radius 1 is 1.10 bits per heavy atom. The number of hydrogen-bond donors (Lipinski definition) is 2. The Kier molecular flexibility index (Phi) is 5.86. The first-order valence-electron chi connectivity index (χ1n) is 6.18. The normalized spacial score (nSPS) is 10.3. The minimum atomic E-state index is -1.01. The number of carboxylic acid groups (broad SMARTS) is 1. The predicted octanol–water partition coefficient (Wildman–Crippen LogP) is 1.23. The predicted molar refractivity (Wildman–Crippen MR) is 74.8 cm³/mol. The van der Waals surface area contributed by atoms with Crippen LogP contribution < -0.4 is 5.32 Å². The number of ketones is 1. The molecule has 0 aliphatic heterocycles. The van der Waals surface area contributed by atoms with Crippen molar-refractivity contribution in [1.82, 2.24) is 4.90 Å². The van der Waals surface area contributed by atoms with Gasteiger partial charge < -0.3 is 15.3 Å². The van der Waals surface area contributed by atoms with Crippen LogP contribution in [0, 0.1) is 0 Å². The zero-order valence-corrected chi connectivity index (χ0v) is 11.5. The highest BCUT2D eigenvalue weighted by Crippen LogP contribution is 2.11. The van der Waals surface area contributed by atoms with Crippen LogP contribution in [0.3, 0.4) is 0 Å². The maximum absolute atomic E-state index is 11.8. The Morgan fingerprint density at radius 2 is 1.70 bits per heavy atom. The molecule has 0 aliphatic carbocycles. The second-order valence-corrected chi connectivity index (χ2v) is 4.68. The maximum atomic E-state index is 11.8. The number of likely N-dealkylation sites (N-methyl/N-ethyl adjacent to an activating group) is 1. The fourth-order valence-electron chi connectivity index (χ4n) is 1.56. The van der Waals surface area contributed by atoms with Crippen LogP contribution in [-0.2, 0) is 9.59 Å². The van der Waals surface area contributed by atoms with Gasteiger partial charge in [0.15, 0.2) is 5.78 Å². The Bertz CT molecular complexity index is 494. The molecule has 0 unspecified atom stereocenters. The second kappa shape index (κ2) is 7.40. The summed E-state index contributed by atoms with van der Waals surface area (Å²) < 4.78 is 0. The van der Waals surface area contributed by atoms with E-state index in [2.05, 4.69) is 5.32 Å². The van der Waals surface area contributed by atoms with E-state index >= 15 is 0 Å². The molecule has 6 heteroatoms. The first-order valence-corrected chi connectivity index (χ1v) is 6.18. The average Bonchev–Trinajstić information content (AvgIpc) is 2.36. The summed E-state index contributed by atoms with van der Waals surface area (Å²) >= 11 is 0. The van der Waals surface area contributed by atoms with Gasteiger partial charge in [0.2, 0.25) is 5.91 Å². The van der Waals surface area contributed by atoms with E-state index in [1.165, 1.54) is 0 Å². The number of aliphatic carboxylic acids is 1. The zero-order valence-electron chi connectivity index (χ0n) is 11.5. The highest BCUT2D eigenvalue weighted by Gasteiger charge is 2.08. The molecule has 108 valence electrons. The first kappa shape index (κ1) is 15.8. The Balaban J connectivity index is 2.56. The lowest BCUT2D eigenvalue weighted by Crippen LogP contribution is -2.21. The molecule has 0 atom stereocenters. The molecule has 0 aromatic heterocycles. The summed E-state index contributed by atoms with van der Waals surface area (Å²) in [6.07, 6.45) is -0.276. The van der Waals surface area contributed by atoms with Crippen molar-refractivity contribution in [2.24, 2.45) is 0 Å². The van der Waals surface area contributed by atoms with Gasteiger partial charge in [0.25, 0.3) is 0 Å². The highest BCUT2D eigenvalue weighted by molar-refractivity contribution is 5.98. The number of anilines is 1. The van der Waals surface area contributed by atoms with Gasteiger partial charge >= 0.3 is 5.97 Å². The zero-order chi connectivity index (χ0) is 15.1. The van der Waals surface area contributed by atoms with Crippen molar-refractivity contribution in [3.8, 4) is 0 Å². The molecule has 0 aliphatic rings. The van der Waals surface area contributed by atoms with Crippen LogP contribution in [0.4, 0.5) is 5.69 Å². The van der Waals surface area contributed by atoms with Gasteiger partial charge in [0.1, 0.15) is 0 Å². The molecule has 0 radical (unpaired) electrons. The number of carboxylic acids is 1. The van der Waals surface area contributed by atoms with E-state index in [-0.39, 0.29) is 24.5 Å². The minimum absolute atomic E-state index is 0.00115. The van der Waals surface area contributed by atoms with Gasteiger partial charge in [-0.2, -0.15) is 0 Å². The summed E-state index contributed by atoms with van der Waals surface area (Å²) in [7, 11) is 3.63. The van der Waals surface area contributed by atoms with Crippen LogP contribution in [0.25, 0.3) is 0 Å². The van der Waals surface area contributed by atoms with Gasteiger partial charge in [-0.05, 0) is 38.4 Å². The number of benzene rings is 1. The number of amides is 1. The van der Waals surface area contributed by atoms with E-state index < -0.39 is 5.97 Å². The van der Waals surface area contributed by atoms with Gasteiger partial charge in [-0.15, -0.1) is 0 Å². The number of hydrogen-bond acceptors (Lipinski definition) is 4. The largest absolute Gasteiger partial charge is 0.481 e. The fourth-order valence-corrected chi connectivity index (χ4v) is 1.56. The summed E-state index contributed by atoms with van der Waals surface area (Å²) in [6.45, 7) is 0.324. The Morgan fingerprint density at radius 3 is 2.20 bits per heavy atom. The van der Waals surface area contributed by atoms with Crippen LogP contribution in [0.2, 0.25) is 0 Å². The summed E-state index contributed by atoms with van der Waals surface area (Å²) in [6, 6.07) is 6.53. The van der Waals surface area contributed by atoms with Crippen molar-refractivity contribution in [2.45, 2.75) is 12.8 Å². The maximum Gasteiger partial charge on any atom is 0.303 e. The molecular formula is C14H18N2O4. The topological polar surface area (TPSA) is 86.7 Å². The molecule has 2 N–H and O–H groups in total. The SMILES string of the molecule is CN(C)CC(=O)c1ccc(NC(=O)CCC(=O)O)cc1. The van der Waals surface area contributed by atoms with Gasteiger partial charge in [0, 0.05) is 17.7 Å². The van der Waals surface area contributed by atoms with E-state index in [9.17, 15) is 14.4 Å². The molecule has 0 fully saturated rings. The molecule has 20 heavy (non-hydrogen) atoms. The molecule has 0 heterocycles. The molecule has 1 rings (SSSR count). The van der Waals surface area contributed by atoms with Crippen LogP contribution in [0.1, 0.15) is 23.2 Å². The third-order valence-corrected chi connectivity index (χ3v) is 2.52. The van der Waals surface area contributed by atoms with Crippen molar-refractivity contribution in [2.75, 3.05) is 26.0 Å². The van der Waals surface area contributed by atoms with Crippen LogP contribution >= 0.6 is 0 Å². The van der Waals surface area contributed by atoms with E-state index in [1.807, 2.05) is 14.1 Å². The number of carbonyl (C=O) groups excluding carboxylic acids is 2. The Hall–Kier alpha value is -2.21. The lowest BCUT2D eigenvalue weighted by molar-refractivity contribution is -0.138. The third kappa shape index (κ3) is 5.62. The van der Waals surface area contributed by atoms with E-state index in [4.69, 9.17) is 5.11 Å². The van der Waals surface area contributed by atoms with Crippen LogP contribution in [0.5, 0.6) is 0 Å². The molecule has 0 saturated heterocycles. The quantitative estimate of drug-likeness (QED) is 0.733. The smallest absolute Gasteiger partial charge is 0.303 e. The van der Waals surface area contributed by atoms with Crippen LogP contribution in [-0.4, -0.2) is 48.3 Å². The summed E-state index contributed by atoms with van der Waals surface area (Å²) in [4.78, 5) is 35.3. The minimum Gasteiger partial charge on any atom is -0.481 e. The molecule has 0 saturated carbocycles. The lowest BCUT2D eigenvalue weighted by atomic mass is 10.1. The summed E-state index contributed by atoms with van der Waals surface area (Å²) in [5.41, 5.74) is 1.11. The van der Waals surface area contributed by atoms with Crippen molar-refractivity contribution in [3.63, 3.8) is 0 Å². The highest BCUT2D eigenvalue weighted by atomic mass is 16.4. The van der Waals surface area contributed by atoms with E-state index in [0.717, 1.165) is 0 Å². The van der Waals surface area contributed by atoms with Gasteiger partial charge in [0.05, 0.1) is 13.0 Å². The molecule has 1 aromatic carbocycles.